The number of thiophene rings is 1. The number of urea groups is 1. The van der Waals surface area contributed by atoms with Crippen LogP contribution in [0.25, 0.3) is 11.5 Å². The number of anilines is 2. The van der Waals surface area contributed by atoms with Crippen LogP contribution < -0.4 is 16.0 Å². The predicted molar refractivity (Wildman–Crippen MR) is 126 cm³/mol. The van der Waals surface area contributed by atoms with Crippen molar-refractivity contribution in [1.29, 1.82) is 0 Å². The molecule has 0 unspecified atom stereocenters. The van der Waals surface area contributed by atoms with Crippen molar-refractivity contribution < 1.29 is 14.0 Å². The van der Waals surface area contributed by atoms with Gasteiger partial charge in [0.2, 0.25) is 5.89 Å². The van der Waals surface area contributed by atoms with E-state index in [0.29, 0.717) is 35.1 Å². The fourth-order valence-corrected chi connectivity index (χ4v) is 3.62. The first-order valence-corrected chi connectivity index (χ1v) is 11.0. The van der Waals surface area contributed by atoms with E-state index in [2.05, 4.69) is 20.9 Å². The number of rotatable bonds is 7. The largest absolute Gasteiger partial charge is 0.444 e. The van der Waals surface area contributed by atoms with Crippen LogP contribution in [-0.4, -0.2) is 23.5 Å². The summed E-state index contributed by atoms with van der Waals surface area (Å²) in [5, 5.41) is 10.2. The van der Waals surface area contributed by atoms with Crippen molar-refractivity contribution in [2.24, 2.45) is 0 Å². The first-order valence-electron chi connectivity index (χ1n) is 10.1. The number of carbonyl (C=O) groups excluding carboxylic acids is 2. The summed E-state index contributed by atoms with van der Waals surface area (Å²) in [7, 11) is 0. The molecule has 0 atom stereocenters. The minimum Gasteiger partial charge on any atom is -0.444 e. The number of carbonyl (C=O) groups is 2. The molecule has 0 bridgehead atoms. The molecule has 4 rings (SSSR count). The lowest BCUT2D eigenvalue weighted by molar-refractivity contribution is 0.103. The lowest BCUT2D eigenvalue weighted by Crippen LogP contribution is -2.30. The quantitative estimate of drug-likeness (QED) is 0.358. The monoisotopic (exact) mass is 446 g/mol. The zero-order valence-electron chi connectivity index (χ0n) is 17.4. The summed E-state index contributed by atoms with van der Waals surface area (Å²) in [6.45, 7) is 2.43. The molecular weight excluding hydrogens is 424 g/mol. The highest BCUT2D eigenvalue weighted by molar-refractivity contribution is 7.12. The first kappa shape index (κ1) is 21.3. The summed E-state index contributed by atoms with van der Waals surface area (Å²) in [5.41, 5.74) is 4.03. The number of hydrogen-bond donors (Lipinski definition) is 3. The average Bonchev–Trinajstić information content (AvgIpc) is 3.47. The van der Waals surface area contributed by atoms with Crippen LogP contribution >= 0.6 is 11.3 Å². The molecule has 0 saturated heterocycles. The Balaban J connectivity index is 1.25. The molecule has 2 aromatic carbocycles. The molecule has 0 saturated carbocycles. The minimum atomic E-state index is -0.339. The fourth-order valence-electron chi connectivity index (χ4n) is 3.01. The number of benzene rings is 2. The van der Waals surface area contributed by atoms with E-state index in [9.17, 15) is 9.59 Å². The Hall–Kier alpha value is -3.91. The second-order valence-electron chi connectivity index (χ2n) is 7.15. The van der Waals surface area contributed by atoms with Crippen LogP contribution in [0.3, 0.4) is 0 Å². The zero-order chi connectivity index (χ0) is 22.3. The Morgan fingerprint density at radius 1 is 1.00 bits per heavy atom. The molecular formula is C24H22N4O3S. The zero-order valence-corrected chi connectivity index (χ0v) is 18.2. The third-order valence-electron chi connectivity index (χ3n) is 4.64. The Labute approximate surface area is 189 Å². The molecule has 162 valence electrons. The molecule has 3 N–H and O–H groups in total. The highest BCUT2D eigenvalue weighted by Crippen LogP contribution is 2.20. The third kappa shape index (κ3) is 5.61. The molecule has 2 heterocycles. The van der Waals surface area contributed by atoms with Gasteiger partial charge in [-0.1, -0.05) is 29.8 Å². The average molecular weight is 447 g/mol. The van der Waals surface area contributed by atoms with Gasteiger partial charge in [0.05, 0.1) is 10.6 Å². The Bertz CT molecular complexity index is 1200. The van der Waals surface area contributed by atoms with Crippen LogP contribution in [0, 0.1) is 6.92 Å². The van der Waals surface area contributed by atoms with Crippen LogP contribution in [-0.2, 0) is 6.42 Å². The molecule has 0 aliphatic carbocycles. The lowest BCUT2D eigenvalue weighted by Gasteiger charge is -2.09. The van der Waals surface area contributed by atoms with E-state index in [0.717, 1.165) is 11.3 Å². The van der Waals surface area contributed by atoms with Gasteiger partial charge < -0.3 is 20.4 Å². The normalized spacial score (nSPS) is 10.5. The summed E-state index contributed by atoms with van der Waals surface area (Å²) in [4.78, 5) is 29.5. The molecule has 0 aliphatic rings. The maximum Gasteiger partial charge on any atom is 0.319 e. The molecule has 0 fully saturated rings. The van der Waals surface area contributed by atoms with Gasteiger partial charge in [0.15, 0.2) is 0 Å². The maximum atomic E-state index is 12.2. The third-order valence-corrected chi connectivity index (χ3v) is 5.51. The predicted octanol–water partition coefficient (Wildman–Crippen LogP) is 5.33. The SMILES string of the molecule is Cc1ccc(-c2nc(CCNC(=O)Nc3cccc(NC(=O)c4cccs4)c3)co2)cc1. The Morgan fingerprint density at radius 2 is 1.78 bits per heavy atom. The fraction of sp³-hybridized carbons (Fsp3) is 0.125. The van der Waals surface area contributed by atoms with Crippen LogP contribution in [0.15, 0.2) is 76.7 Å². The van der Waals surface area contributed by atoms with Gasteiger partial charge >= 0.3 is 6.03 Å². The van der Waals surface area contributed by atoms with E-state index >= 15 is 0 Å². The number of aromatic nitrogens is 1. The number of nitrogens with one attached hydrogen (secondary N) is 3. The summed E-state index contributed by atoms with van der Waals surface area (Å²) in [6, 6.07) is 18.2. The molecule has 3 amide bonds. The van der Waals surface area contributed by atoms with Gasteiger partial charge in [0.25, 0.3) is 5.91 Å². The van der Waals surface area contributed by atoms with Crippen LogP contribution in [0.4, 0.5) is 16.2 Å². The first-order chi connectivity index (χ1) is 15.6. The van der Waals surface area contributed by atoms with Crippen molar-refractivity contribution in [3.63, 3.8) is 0 Å². The summed E-state index contributed by atoms with van der Waals surface area (Å²) < 4.78 is 5.54. The summed E-state index contributed by atoms with van der Waals surface area (Å²) in [5.74, 6) is 0.380. The summed E-state index contributed by atoms with van der Waals surface area (Å²) >= 11 is 1.37. The van der Waals surface area contributed by atoms with Crippen LogP contribution in [0.5, 0.6) is 0 Å². The number of aryl methyl sites for hydroxylation is 1. The van der Waals surface area contributed by atoms with E-state index in [1.807, 2.05) is 42.6 Å². The second kappa shape index (κ2) is 9.93. The van der Waals surface area contributed by atoms with Crippen molar-refractivity contribution in [2.45, 2.75) is 13.3 Å². The van der Waals surface area contributed by atoms with Crippen LogP contribution in [0.2, 0.25) is 0 Å². The second-order valence-corrected chi connectivity index (χ2v) is 8.10. The maximum absolute atomic E-state index is 12.2. The number of amides is 3. The van der Waals surface area contributed by atoms with Crippen molar-refractivity contribution in [3.8, 4) is 11.5 Å². The van der Waals surface area contributed by atoms with Crippen molar-refractivity contribution in [3.05, 3.63) is 88.4 Å². The molecule has 2 aromatic heterocycles. The highest BCUT2D eigenvalue weighted by atomic mass is 32.1. The number of nitrogens with zero attached hydrogens (tertiary/aromatic N) is 1. The van der Waals surface area contributed by atoms with Gasteiger partial charge in [-0.2, -0.15) is 0 Å². The number of hydrogen-bond acceptors (Lipinski definition) is 5. The van der Waals surface area contributed by atoms with E-state index in [1.165, 1.54) is 16.9 Å². The van der Waals surface area contributed by atoms with E-state index in [4.69, 9.17) is 4.42 Å². The molecule has 32 heavy (non-hydrogen) atoms. The van der Waals surface area contributed by atoms with Gasteiger partial charge in [-0.05, 0) is 48.7 Å². The van der Waals surface area contributed by atoms with E-state index < -0.39 is 0 Å². The molecule has 0 radical (unpaired) electrons. The molecule has 4 aromatic rings. The van der Waals surface area contributed by atoms with Crippen molar-refractivity contribution in [1.82, 2.24) is 10.3 Å². The summed E-state index contributed by atoms with van der Waals surface area (Å²) in [6.07, 6.45) is 2.15. The lowest BCUT2D eigenvalue weighted by atomic mass is 10.1. The van der Waals surface area contributed by atoms with E-state index in [-0.39, 0.29) is 11.9 Å². The van der Waals surface area contributed by atoms with Gasteiger partial charge in [0.1, 0.15) is 6.26 Å². The Morgan fingerprint density at radius 3 is 2.53 bits per heavy atom. The molecule has 0 aliphatic heterocycles. The molecule has 7 nitrogen and oxygen atoms in total. The Kier molecular flexibility index (Phi) is 6.62. The highest BCUT2D eigenvalue weighted by Gasteiger charge is 2.09. The van der Waals surface area contributed by atoms with Gasteiger partial charge in [-0.15, -0.1) is 11.3 Å². The standard InChI is InChI=1S/C24H22N4O3S/c1-16-7-9-17(10-8-16)23-27-20(15-31-23)11-12-25-24(30)28-19-5-2-4-18(14-19)26-22(29)21-6-3-13-32-21/h2-10,13-15H,11-12H2,1H3,(H,26,29)(H2,25,28,30). The van der Waals surface area contributed by atoms with Crippen molar-refractivity contribution >= 4 is 34.6 Å². The topological polar surface area (TPSA) is 96.3 Å². The van der Waals surface area contributed by atoms with Crippen LogP contribution in [0.1, 0.15) is 20.9 Å². The molecule has 8 heteroatoms. The van der Waals surface area contributed by atoms with Gasteiger partial charge in [-0.3, -0.25) is 4.79 Å². The number of oxazole rings is 1. The molecule has 0 spiro atoms. The van der Waals surface area contributed by atoms with E-state index in [1.54, 1.807) is 36.6 Å². The van der Waals surface area contributed by atoms with Gasteiger partial charge in [-0.25, -0.2) is 9.78 Å². The smallest absolute Gasteiger partial charge is 0.319 e. The minimum absolute atomic E-state index is 0.181. The van der Waals surface area contributed by atoms with Gasteiger partial charge in [0, 0.05) is 29.9 Å². The van der Waals surface area contributed by atoms with Crippen molar-refractivity contribution in [2.75, 3.05) is 17.2 Å².